The standard InChI is InChI=1S/C18H23FN2/c1-5-17(15-8-6-7-9-16(15)19)20-18-11-10-14(21(3)4)12-13(18)2/h6-12,17,20H,5H2,1-4H3. The van der Waals surface area contributed by atoms with Gasteiger partial charge < -0.3 is 10.2 Å². The van der Waals surface area contributed by atoms with Crippen LogP contribution in [0.4, 0.5) is 15.8 Å². The van der Waals surface area contributed by atoms with E-state index in [2.05, 4.69) is 42.3 Å². The summed E-state index contributed by atoms with van der Waals surface area (Å²) >= 11 is 0. The third-order valence-electron chi connectivity index (χ3n) is 3.75. The van der Waals surface area contributed by atoms with Crippen LogP contribution in [0.5, 0.6) is 0 Å². The first-order chi connectivity index (χ1) is 10.0. The molecule has 0 saturated heterocycles. The summed E-state index contributed by atoms with van der Waals surface area (Å²) in [5, 5.41) is 3.46. The van der Waals surface area contributed by atoms with Crippen molar-refractivity contribution in [1.82, 2.24) is 0 Å². The highest BCUT2D eigenvalue weighted by Gasteiger charge is 2.14. The van der Waals surface area contributed by atoms with Gasteiger partial charge in [-0.2, -0.15) is 0 Å². The molecule has 0 fully saturated rings. The summed E-state index contributed by atoms with van der Waals surface area (Å²) in [5.41, 5.74) is 4.10. The van der Waals surface area contributed by atoms with Crippen LogP contribution >= 0.6 is 0 Å². The van der Waals surface area contributed by atoms with Gasteiger partial charge in [-0.3, -0.25) is 0 Å². The molecule has 2 nitrogen and oxygen atoms in total. The topological polar surface area (TPSA) is 15.3 Å². The SMILES string of the molecule is CCC(Nc1ccc(N(C)C)cc1C)c1ccccc1F. The van der Waals surface area contributed by atoms with Gasteiger partial charge >= 0.3 is 0 Å². The molecule has 0 heterocycles. The van der Waals surface area contributed by atoms with Crippen molar-refractivity contribution < 1.29 is 4.39 Å². The molecule has 0 aliphatic rings. The molecule has 0 saturated carbocycles. The summed E-state index contributed by atoms with van der Waals surface area (Å²) in [7, 11) is 4.05. The fourth-order valence-corrected chi connectivity index (χ4v) is 2.43. The first-order valence-electron chi connectivity index (χ1n) is 7.32. The Kier molecular flexibility index (Phi) is 4.84. The van der Waals surface area contributed by atoms with Crippen LogP contribution in [-0.4, -0.2) is 14.1 Å². The highest BCUT2D eigenvalue weighted by Crippen LogP contribution is 2.28. The maximum atomic E-state index is 14.0. The van der Waals surface area contributed by atoms with Crippen LogP contribution in [0.25, 0.3) is 0 Å². The molecule has 0 radical (unpaired) electrons. The van der Waals surface area contributed by atoms with Crippen molar-refractivity contribution in [1.29, 1.82) is 0 Å². The highest BCUT2D eigenvalue weighted by atomic mass is 19.1. The number of anilines is 2. The fourth-order valence-electron chi connectivity index (χ4n) is 2.43. The van der Waals surface area contributed by atoms with Gasteiger partial charge in [0.1, 0.15) is 5.82 Å². The summed E-state index contributed by atoms with van der Waals surface area (Å²) < 4.78 is 14.0. The lowest BCUT2D eigenvalue weighted by molar-refractivity contribution is 0.587. The molecule has 0 spiro atoms. The zero-order valence-electron chi connectivity index (χ0n) is 13.2. The molecular formula is C18H23FN2. The molecule has 0 aliphatic heterocycles. The predicted molar refractivity (Wildman–Crippen MR) is 88.6 cm³/mol. The summed E-state index contributed by atoms with van der Waals surface area (Å²) in [4.78, 5) is 2.07. The lowest BCUT2D eigenvalue weighted by Crippen LogP contribution is -2.13. The second-order valence-corrected chi connectivity index (χ2v) is 5.52. The van der Waals surface area contributed by atoms with Crippen molar-refractivity contribution in [2.45, 2.75) is 26.3 Å². The maximum Gasteiger partial charge on any atom is 0.128 e. The van der Waals surface area contributed by atoms with Crippen molar-refractivity contribution in [2.75, 3.05) is 24.3 Å². The van der Waals surface area contributed by atoms with E-state index in [0.29, 0.717) is 0 Å². The van der Waals surface area contributed by atoms with Crippen LogP contribution in [-0.2, 0) is 0 Å². The van der Waals surface area contributed by atoms with Crippen molar-refractivity contribution >= 4 is 11.4 Å². The molecular weight excluding hydrogens is 263 g/mol. The quantitative estimate of drug-likeness (QED) is 0.852. The molecule has 2 aromatic carbocycles. The second-order valence-electron chi connectivity index (χ2n) is 5.52. The maximum absolute atomic E-state index is 14.0. The predicted octanol–water partition coefficient (Wildman–Crippen LogP) is 4.76. The summed E-state index contributed by atoms with van der Waals surface area (Å²) in [6, 6.07) is 13.2. The van der Waals surface area contributed by atoms with Gasteiger partial charge in [-0.1, -0.05) is 25.1 Å². The minimum atomic E-state index is -0.153. The molecule has 0 bridgehead atoms. The molecule has 3 heteroatoms. The summed E-state index contributed by atoms with van der Waals surface area (Å²) in [6.07, 6.45) is 0.829. The van der Waals surface area contributed by atoms with Gasteiger partial charge in [0.2, 0.25) is 0 Å². The Balaban J connectivity index is 2.25. The number of nitrogens with one attached hydrogen (secondary N) is 1. The van der Waals surface area contributed by atoms with Crippen LogP contribution in [0.2, 0.25) is 0 Å². The summed E-state index contributed by atoms with van der Waals surface area (Å²) in [5.74, 6) is -0.153. The molecule has 2 aromatic rings. The van der Waals surface area contributed by atoms with E-state index in [4.69, 9.17) is 0 Å². The number of aryl methyl sites for hydroxylation is 1. The molecule has 0 aliphatic carbocycles. The van der Waals surface area contributed by atoms with E-state index in [9.17, 15) is 4.39 Å². The second kappa shape index (κ2) is 6.61. The molecule has 112 valence electrons. The Bertz CT molecular complexity index is 608. The number of hydrogen-bond acceptors (Lipinski definition) is 2. The Labute approximate surface area is 126 Å². The molecule has 1 N–H and O–H groups in total. The van der Waals surface area contributed by atoms with Crippen molar-refractivity contribution in [2.24, 2.45) is 0 Å². The zero-order chi connectivity index (χ0) is 15.4. The van der Waals surface area contributed by atoms with Crippen molar-refractivity contribution in [3.63, 3.8) is 0 Å². The Hall–Kier alpha value is -2.03. The average Bonchev–Trinajstić information content (AvgIpc) is 2.47. The van der Waals surface area contributed by atoms with E-state index in [1.165, 1.54) is 6.07 Å². The van der Waals surface area contributed by atoms with Crippen LogP contribution in [0.1, 0.15) is 30.5 Å². The third-order valence-corrected chi connectivity index (χ3v) is 3.75. The van der Waals surface area contributed by atoms with Gasteiger partial charge in [0.25, 0.3) is 0 Å². The van der Waals surface area contributed by atoms with E-state index in [-0.39, 0.29) is 11.9 Å². The Morgan fingerprint density at radius 2 is 1.86 bits per heavy atom. The smallest absolute Gasteiger partial charge is 0.128 e. The summed E-state index contributed by atoms with van der Waals surface area (Å²) in [6.45, 7) is 4.14. The van der Waals surface area contributed by atoms with Gasteiger partial charge in [0.05, 0.1) is 6.04 Å². The van der Waals surface area contributed by atoms with E-state index < -0.39 is 0 Å². The van der Waals surface area contributed by atoms with E-state index in [1.807, 2.05) is 26.2 Å². The minimum absolute atomic E-state index is 0.0184. The molecule has 0 aromatic heterocycles. The first-order valence-corrected chi connectivity index (χ1v) is 7.32. The van der Waals surface area contributed by atoms with Crippen LogP contribution in [0, 0.1) is 12.7 Å². The van der Waals surface area contributed by atoms with Gasteiger partial charge in [-0.15, -0.1) is 0 Å². The average molecular weight is 286 g/mol. The minimum Gasteiger partial charge on any atom is -0.378 e. The van der Waals surface area contributed by atoms with Gasteiger partial charge in [-0.25, -0.2) is 4.39 Å². The monoisotopic (exact) mass is 286 g/mol. The van der Waals surface area contributed by atoms with E-state index in [1.54, 1.807) is 6.07 Å². The van der Waals surface area contributed by atoms with Crippen LogP contribution in [0.15, 0.2) is 42.5 Å². The molecule has 1 atom stereocenters. The number of rotatable bonds is 5. The molecule has 0 amide bonds. The highest BCUT2D eigenvalue weighted by molar-refractivity contribution is 5.60. The van der Waals surface area contributed by atoms with Gasteiger partial charge in [-0.05, 0) is 43.2 Å². The molecule has 2 rings (SSSR count). The normalized spacial score (nSPS) is 12.0. The number of nitrogens with zero attached hydrogens (tertiary/aromatic N) is 1. The molecule has 21 heavy (non-hydrogen) atoms. The van der Waals surface area contributed by atoms with Crippen LogP contribution in [0.3, 0.4) is 0 Å². The van der Waals surface area contributed by atoms with Crippen molar-refractivity contribution in [3.05, 3.63) is 59.4 Å². The van der Waals surface area contributed by atoms with Gasteiger partial charge in [0, 0.05) is 31.0 Å². The zero-order valence-corrected chi connectivity index (χ0v) is 13.2. The van der Waals surface area contributed by atoms with Crippen LogP contribution < -0.4 is 10.2 Å². The first kappa shape index (κ1) is 15.4. The van der Waals surface area contributed by atoms with Crippen molar-refractivity contribution in [3.8, 4) is 0 Å². The fraction of sp³-hybridized carbons (Fsp3) is 0.333. The third kappa shape index (κ3) is 3.54. The largest absolute Gasteiger partial charge is 0.378 e. The number of benzene rings is 2. The van der Waals surface area contributed by atoms with E-state index in [0.717, 1.165) is 28.9 Å². The number of hydrogen-bond donors (Lipinski definition) is 1. The van der Waals surface area contributed by atoms with Gasteiger partial charge in [0.15, 0.2) is 0 Å². The molecule has 1 unspecified atom stereocenters. The Morgan fingerprint density at radius 1 is 1.14 bits per heavy atom. The lowest BCUT2D eigenvalue weighted by atomic mass is 10.0. The van der Waals surface area contributed by atoms with E-state index >= 15 is 0 Å². The number of halogens is 1. The lowest BCUT2D eigenvalue weighted by Gasteiger charge is -2.22. The Morgan fingerprint density at radius 3 is 2.43 bits per heavy atom.